The van der Waals surface area contributed by atoms with Crippen LogP contribution in [0.1, 0.15) is 10.4 Å². The van der Waals surface area contributed by atoms with Crippen molar-refractivity contribution in [2.75, 3.05) is 6.79 Å². The highest BCUT2D eigenvalue weighted by atomic mass is 16.7. The van der Waals surface area contributed by atoms with Crippen molar-refractivity contribution >= 4 is 5.97 Å². The van der Waals surface area contributed by atoms with Gasteiger partial charge in [0.25, 0.3) is 0 Å². The molecule has 3 aromatic carbocycles. The van der Waals surface area contributed by atoms with Crippen LogP contribution < -0.4 is 9.47 Å². The summed E-state index contributed by atoms with van der Waals surface area (Å²) in [4.78, 5) is 11.2. The maximum absolute atomic E-state index is 11.2. The molecule has 0 bridgehead atoms. The van der Waals surface area contributed by atoms with Gasteiger partial charge in [-0.05, 0) is 41.5 Å². The molecule has 0 saturated carbocycles. The normalized spacial score (nSPS) is 12.1. The van der Waals surface area contributed by atoms with Gasteiger partial charge in [-0.1, -0.05) is 41.6 Å². The Labute approximate surface area is 165 Å². The van der Waals surface area contributed by atoms with E-state index in [0.29, 0.717) is 11.4 Å². The van der Waals surface area contributed by atoms with E-state index in [1.54, 1.807) is 35.1 Å². The Morgan fingerprint density at radius 2 is 1.66 bits per heavy atom. The fraction of sp³-hybridized carbons (Fsp3) is 0.0455. The SMILES string of the molecule is O=C(O)c1cccc(-n2cc(-c3ccc(-c4ccc5c(c4)OCO5)cc3)nn2)c1. The molecule has 4 aromatic rings. The summed E-state index contributed by atoms with van der Waals surface area (Å²) in [7, 11) is 0. The molecular weight excluding hydrogens is 370 g/mol. The molecule has 7 heteroatoms. The van der Waals surface area contributed by atoms with E-state index in [1.165, 1.54) is 0 Å². The number of aromatic nitrogens is 3. The monoisotopic (exact) mass is 385 g/mol. The van der Waals surface area contributed by atoms with Gasteiger partial charge in [0.1, 0.15) is 5.69 Å². The highest BCUT2D eigenvalue weighted by Crippen LogP contribution is 2.36. The smallest absolute Gasteiger partial charge is 0.335 e. The third-order valence-electron chi connectivity index (χ3n) is 4.74. The Bertz CT molecular complexity index is 1210. The molecule has 1 aliphatic heterocycles. The Kier molecular flexibility index (Phi) is 3.98. The Balaban J connectivity index is 1.41. The molecule has 0 radical (unpaired) electrons. The molecule has 1 aliphatic rings. The fourth-order valence-corrected chi connectivity index (χ4v) is 3.21. The summed E-state index contributed by atoms with van der Waals surface area (Å²) in [5.74, 6) is 0.526. The van der Waals surface area contributed by atoms with Crippen molar-refractivity contribution in [1.82, 2.24) is 15.0 Å². The van der Waals surface area contributed by atoms with Gasteiger partial charge in [0.15, 0.2) is 11.5 Å². The van der Waals surface area contributed by atoms with Crippen LogP contribution in [0.2, 0.25) is 0 Å². The predicted octanol–water partition coefficient (Wildman–Crippen LogP) is 4.03. The topological polar surface area (TPSA) is 86.5 Å². The van der Waals surface area contributed by atoms with E-state index in [2.05, 4.69) is 10.3 Å². The molecular formula is C22H15N3O4. The van der Waals surface area contributed by atoms with Gasteiger partial charge in [-0.2, -0.15) is 0 Å². The number of carboxylic acids is 1. The number of fused-ring (bicyclic) bond motifs is 1. The van der Waals surface area contributed by atoms with Crippen LogP contribution in [0.25, 0.3) is 28.1 Å². The summed E-state index contributed by atoms with van der Waals surface area (Å²) in [6, 6.07) is 20.4. The van der Waals surface area contributed by atoms with Crippen molar-refractivity contribution in [1.29, 1.82) is 0 Å². The molecule has 142 valence electrons. The number of nitrogens with zero attached hydrogens (tertiary/aromatic N) is 3. The van der Waals surface area contributed by atoms with Gasteiger partial charge < -0.3 is 14.6 Å². The quantitative estimate of drug-likeness (QED) is 0.571. The average Bonchev–Trinajstić information content (AvgIpc) is 3.43. The standard InChI is InChI=1S/C22H15N3O4/c26-22(27)17-2-1-3-18(10-17)25-12-19(23-24-25)15-6-4-14(5-7-15)16-8-9-20-21(11-16)29-13-28-20/h1-12H,13H2,(H,26,27). The third-order valence-corrected chi connectivity index (χ3v) is 4.74. The Hall–Kier alpha value is -4.13. The number of rotatable bonds is 4. The molecule has 0 amide bonds. The Morgan fingerprint density at radius 3 is 2.48 bits per heavy atom. The van der Waals surface area contributed by atoms with Crippen LogP contribution in [0.3, 0.4) is 0 Å². The molecule has 0 saturated heterocycles. The first-order chi connectivity index (χ1) is 14.2. The van der Waals surface area contributed by atoms with E-state index in [-0.39, 0.29) is 12.4 Å². The van der Waals surface area contributed by atoms with Crippen LogP contribution in [-0.4, -0.2) is 32.9 Å². The first-order valence-corrected chi connectivity index (χ1v) is 8.94. The number of carboxylic acid groups (broad SMARTS) is 1. The van der Waals surface area contributed by atoms with Gasteiger partial charge in [0.2, 0.25) is 6.79 Å². The van der Waals surface area contributed by atoms with Gasteiger partial charge in [0.05, 0.1) is 17.4 Å². The number of carbonyl (C=O) groups is 1. The molecule has 7 nitrogen and oxygen atoms in total. The third kappa shape index (κ3) is 3.19. The van der Waals surface area contributed by atoms with E-state index >= 15 is 0 Å². The summed E-state index contributed by atoms with van der Waals surface area (Å²) in [5, 5.41) is 17.5. The molecule has 0 aliphatic carbocycles. The van der Waals surface area contributed by atoms with E-state index < -0.39 is 5.97 Å². The maximum Gasteiger partial charge on any atom is 0.335 e. The lowest BCUT2D eigenvalue weighted by Crippen LogP contribution is -2.00. The van der Waals surface area contributed by atoms with Crippen molar-refractivity contribution in [3.05, 3.63) is 78.5 Å². The lowest BCUT2D eigenvalue weighted by molar-refractivity contribution is 0.0697. The van der Waals surface area contributed by atoms with Crippen molar-refractivity contribution in [2.45, 2.75) is 0 Å². The minimum atomic E-state index is -0.980. The molecule has 5 rings (SSSR count). The first-order valence-electron chi connectivity index (χ1n) is 8.94. The molecule has 0 atom stereocenters. The lowest BCUT2D eigenvalue weighted by Gasteiger charge is -2.04. The largest absolute Gasteiger partial charge is 0.478 e. The fourth-order valence-electron chi connectivity index (χ4n) is 3.21. The lowest BCUT2D eigenvalue weighted by atomic mass is 10.0. The van der Waals surface area contributed by atoms with Gasteiger partial charge in [-0.3, -0.25) is 0 Å². The Morgan fingerprint density at radius 1 is 0.897 bits per heavy atom. The summed E-state index contributed by atoms with van der Waals surface area (Å²) in [6.45, 7) is 0.253. The predicted molar refractivity (Wildman–Crippen MR) is 105 cm³/mol. The average molecular weight is 385 g/mol. The van der Waals surface area contributed by atoms with Crippen LogP contribution >= 0.6 is 0 Å². The van der Waals surface area contributed by atoms with Crippen molar-refractivity contribution in [3.8, 4) is 39.6 Å². The molecule has 1 aromatic heterocycles. The summed E-state index contributed by atoms with van der Waals surface area (Å²) in [5.41, 5.74) is 4.54. The number of aromatic carboxylic acids is 1. The zero-order valence-electron chi connectivity index (χ0n) is 15.1. The molecule has 0 fully saturated rings. The molecule has 0 unspecified atom stereocenters. The number of benzene rings is 3. The van der Waals surface area contributed by atoms with Gasteiger partial charge >= 0.3 is 5.97 Å². The van der Waals surface area contributed by atoms with Crippen LogP contribution in [0.15, 0.2) is 72.9 Å². The minimum Gasteiger partial charge on any atom is -0.478 e. The zero-order valence-corrected chi connectivity index (χ0v) is 15.1. The van der Waals surface area contributed by atoms with Gasteiger partial charge in [0, 0.05) is 5.56 Å². The highest BCUT2D eigenvalue weighted by molar-refractivity contribution is 5.88. The summed E-state index contributed by atoms with van der Waals surface area (Å²) < 4.78 is 12.4. The number of ether oxygens (including phenoxy) is 2. The van der Waals surface area contributed by atoms with Crippen molar-refractivity contribution in [3.63, 3.8) is 0 Å². The number of hydrogen-bond donors (Lipinski definition) is 1. The van der Waals surface area contributed by atoms with Crippen LogP contribution in [0.5, 0.6) is 11.5 Å². The second-order valence-electron chi connectivity index (χ2n) is 6.55. The van der Waals surface area contributed by atoms with Crippen LogP contribution in [0.4, 0.5) is 0 Å². The van der Waals surface area contributed by atoms with E-state index in [4.69, 9.17) is 14.6 Å². The summed E-state index contributed by atoms with van der Waals surface area (Å²) >= 11 is 0. The van der Waals surface area contributed by atoms with E-state index in [0.717, 1.165) is 28.2 Å². The molecule has 1 N–H and O–H groups in total. The minimum absolute atomic E-state index is 0.202. The van der Waals surface area contributed by atoms with Crippen LogP contribution in [-0.2, 0) is 0 Å². The zero-order chi connectivity index (χ0) is 19.8. The highest BCUT2D eigenvalue weighted by Gasteiger charge is 2.14. The second-order valence-corrected chi connectivity index (χ2v) is 6.55. The van der Waals surface area contributed by atoms with Crippen molar-refractivity contribution < 1.29 is 19.4 Å². The molecule has 2 heterocycles. The maximum atomic E-state index is 11.2. The van der Waals surface area contributed by atoms with Crippen molar-refractivity contribution in [2.24, 2.45) is 0 Å². The molecule has 29 heavy (non-hydrogen) atoms. The van der Waals surface area contributed by atoms with E-state index in [1.807, 2.05) is 42.5 Å². The number of hydrogen-bond acceptors (Lipinski definition) is 5. The van der Waals surface area contributed by atoms with Gasteiger partial charge in [-0.15, -0.1) is 5.10 Å². The first kappa shape index (κ1) is 17.0. The van der Waals surface area contributed by atoms with Crippen LogP contribution in [0, 0.1) is 0 Å². The molecule has 0 spiro atoms. The van der Waals surface area contributed by atoms with E-state index in [9.17, 15) is 4.79 Å². The van der Waals surface area contributed by atoms with Gasteiger partial charge in [-0.25, -0.2) is 9.48 Å². The second kappa shape index (κ2) is 6.79. The summed E-state index contributed by atoms with van der Waals surface area (Å²) in [6.07, 6.45) is 1.77.